The van der Waals surface area contributed by atoms with Crippen molar-refractivity contribution in [2.24, 2.45) is 0 Å². The Hall–Kier alpha value is -4.21. The average molecular weight is 519 g/mol. The highest BCUT2D eigenvalue weighted by molar-refractivity contribution is 7.21. The van der Waals surface area contributed by atoms with Crippen LogP contribution in [0.4, 0.5) is 11.7 Å². The summed E-state index contributed by atoms with van der Waals surface area (Å²) in [6.45, 7) is 1.98. The standard InChI is InChI=1S/C26H19ClN4O4S/c1-14-6-11-19-20(12-14)36-22(21(19)27)24(33)28-17-5-3-4-16(13-17)23(32)29-26-31-30-25(35-26)15-7-9-18(34-2)10-8-15/h3-13H,1-2H3,(H,28,33)(H,29,31,32). The van der Waals surface area contributed by atoms with Gasteiger partial charge in [-0.15, -0.1) is 16.4 Å². The summed E-state index contributed by atoms with van der Waals surface area (Å²) >= 11 is 7.78. The third-order valence-corrected chi connectivity index (χ3v) is 7.01. The molecule has 0 fully saturated rings. The number of hydrogen-bond donors (Lipinski definition) is 2. The van der Waals surface area contributed by atoms with Gasteiger partial charge in [-0.1, -0.05) is 34.9 Å². The molecular weight excluding hydrogens is 500 g/mol. The monoisotopic (exact) mass is 518 g/mol. The first-order valence-corrected chi connectivity index (χ1v) is 12.0. The first kappa shape index (κ1) is 23.5. The van der Waals surface area contributed by atoms with Crippen LogP contribution < -0.4 is 15.4 Å². The normalized spacial score (nSPS) is 10.9. The van der Waals surface area contributed by atoms with Crippen LogP contribution in [0, 0.1) is 6.92 Å². The van der Waals surface area contributed by atoms with E-state index in [-0.39, 0.29) is 17.8 Å². The molecule has 0 bridgehead atoms. The molecule has 0 saturated carbocycles. The van der Waals surface area contributed by atoms with Crippen molar-refractivity contribution in [1.29, 1.82) is 0 Å². The number of aryl methyl sites for hydroxylation is 1. The van der Waals surface area contributed by atoms with Crippen LogP contribution in [0.5, 0.6) is 5.75 Å². The lowest BCUT2D eigenvalue weighted by Gasteiger charge is -2.06. The summed E-state index contributed by atoms with van der Waals surface area (Å²) in [5, 5.41) is 14.5. The number of amides is 2. The van der Waals surface area contributed by atoms with E-state index in [9.17, 15) is 9.59 Å². The second kappa shape index (κ2) is 9.80. The Morgan fingerprint density at radius 3 is 2.56 bits per heavy atom. The van der Waals surface area contributed by atoms with Crippen LogP contribution in [-0.2, 0) is 0 Å². The van der Waals surface area contributed by atoms with Crippen LogP contribution in [-0.4, -0.2) is 29.1 Å². The number of thiophene rings is 1. The van der Waals surface area contributed by atoms with Gasteiger partial charge in [-0.05, 0) is 61.0 Å². The summed E-state index contributed by atoms with van der Waals surface area (Å²) in [6.07, 6.45) is 0. The lowest BCUT2D eigenvalue weighted by atomic mass is 10.2. The Morgan fingerprint density at radius 2 is 1.78 bits per heavy atom. The lowest BCUT2D eigenvalue weighted by molar-refractivity contribution is 0.101. The van der Waals surface area contributed by atoms with Gasteiger partial charge < -0.3 is 14.5 Å². The van der Waals surface area contributed by atoms with Crippen LogP contribution in [0.1, 0.15) is 25.6 Å². The van der Waals surface area contributed by atoms with E-state index in [4.69, 9.17) is 20.8 Å². The van der Waals surface area contributed by atoms with Crippen LogP contribution in [0.2, 0.25) is 5.02 Å². The van der Waals surface area contributed by atoms with Crippen molar-refractivity contribution in [3.63, 3.8) is 0 Å². The minimum absolute atomic E-state index is 0.0485. The van der Waals surface area contributed by atoms with Gasteiger partial charge in [-0.3, -0.25) is 14.9 Å². The number of benzene rings is 3. The zero-order valence-electron chi connectivity index (χ0n) is 19.2. The highest BCUT2D eigenvalue weighted by atomic mass is 35.5. The summed E-state index contributed by atoms with van der Waals surface area (Å²) in [7, 11) is 1.58. The van der Waals surface area contributed by atoms with Crippen LogP contribution in [0.15, 0.2) is 71.1 Å². The van der Waals surface area contributed by atoms with Gasteiger partial charge in [0.2, 0.25) is 5.89 Å². The third-order valence-electron chi connectivity index (χ3n) is 5.36. The number of nitrogens with zero attached hydrogens (tertiary/aromatic N) is 2. The second-order valence-electron chi connectivity index (χ2n) is 7.87. The van der Waals surface area contributed by atoms with E-state index in [1.807, 2.05) is 25.1 Å². The molecule has 2 aromatic heterocycles. The predicted molar refractivity (Wildman–Crippen MR) is 140 cm³/mol. The van der Waals surface area contributed by atoms with E-state index in [0.29, 0.717) is 32.5 Å². The Labute approximate surface area is 214 Å². The molecule has 0 aliphatic heterocycles. The van der Waals surface area contributed by atoms with Crippen molar-refractivity contribution in [1.82, 2.24) is 10.2 Å². The molecule has 0 atom stereocenters. The summed E-state index contributed by atoms with van der Waals surface area (Å²) in [6, 6.07) is 19.4. The molecular formula is C26H19ClN4O4S. The molecule has 5 aromatic rings. The summed E-state index contributed by atoms with van der Waals surface area (Å²) < 4.78 is 11.6. The number of nitrogens with one attached hydrogen (secondary N) is 2. The Bertz CT molecular complexity index is 1590. The first-order chi connectivity index (χ1) is 17.4. The summed E-state index contributed by atoms with van der Waals surface area (Å²) in [5.41, 5.74) is 2.52. The molecule has 0 aliphatic carbocycles. The fourth-order valence-corrected chi connectivity index (χ4v) is 5.05. The molecule has 0 radical (unpaired) electrons. The van der Waals surface area contributed by atoms with E-state index in [2.05, 4.69) is 20.8 Å². The first-order valence-electron chi connectivity index (χ1n) is 10.8. The van der Waals surface area contributed by atoms with E-state index in [1.54, 1.807) is 55.6 Å². The van der Waals surface area contributed by atoms with Gasteiger partial charge in [0.05, 0.1) is 12.1 Å². The Kier molecular flexibility index (Phi) is 6.41. The van der Waals surface area contributed by atoms with Gasteiger partial charge in [0.1, 0.15) is 10.6 Å². The molecule has 0 unspecified atom stereocenters. The van der Waals surface area contributed by atoms with Crippen molar-refractivity contribution in [3.05, 3.63) is 87.8 Å². The van der Waals surface area contributed by atoms with E-state index in [0.717, 1.165) is 15.6 Å². The number of carbonyl (C=O) groups excluding carboxylic acids is 2. The number of anilines is 2. The van der Waals surface area contributed by atoms with E-state index < -0.39 is 5.91 Å². The smallest absolute Gasteiger partial charge is 0.322 e. The van der Waals surface area contributed by atoms with Crippen molar-refractivity contribution in [2.75, 3.05) is 17.7 Å². The van der Waals surface area contributed by atoms with Crippen molar-refractivity contribution in [3.8, 4) is 17.2 Å². The van der Waals surface area contributed by atoms with Crippen molar-refractivity contribution in [2.45, 2.75) is 6.92 Å². The maximum absolute atomic E-state index is 12.9. The number of methoxy groups -OCH3 is 1. The van der Waals surface area contributed by atoms with Crippen molar-refractivity contribution < 1.29 is 18.7 Å². The van der Waals surface area contributed by atoms with Crippen LogP contribution in [0.25, 0.3) is 21.5 Å². The van der Waals surface area contributed by atoms with Gasteiger partial charge in [-0.25, -0.2) is 0 Å². The van der Waals surface area contributed by atoms with E-state index in [1.165, 1.54) is 11.3 Å². The Balaban J connectivity index is 1.29. The fraction of sp³-hybridized carbons (Fsp3) is 0.0769. The quantitative estimate of drug-likeness (QED) is 0.268. The molecule has 10 heteroatoms. The minimum Gasteiger partial charge on any atom is -0.497 e. The molecule has 0 aliphatic rings. The topological polar surface area (TPSA) is 106 Å². The largest absolute Gasteiger partial charge is 0.497 e. The number of fused-ring (bicyclic) bond motifs is 1. The highest BCUT2D eigenvalue weighted by Gasteiger charge is 2.18. The van der Waals surface area contributed by atoms with Gasteiger partial charge in [-0.2, -0.15) is 0 Å². The summed E-state index contributed by atoms with van der Waals surface area (Å²) in [4.78, 5) is 26.1. The fourth-order valence-electron chi connectivity index (χ4n) is 3.54. The number of carbonyl (C=O) groups is 2. The molecule has 0 spiro atoms. The van der Waals surface area contributed by atoms with Gasteiger partial charge in [0, 0.05) is 26.9 Å². The number of aromatic nitrogens is 2. The van der Waals surface area contributed by atoms with Gasteiger partial charge in [0.15, 0.2) is 0 Å². The maximum Gasteiger partial charge on any atom is 0.322 e. The predicted octanol–water partition coefficient (Wildman–Crippen LogP) is 6.43. The number of ether oxygens (including phenoxy) is 1. The molecule has 2 heterocycles. The number of rotatable bonds is 6. The molecule has 180 valence electrons. The second-order valence-corrected chi connectivity index (χ2v) is 9.30. The number of hydrogen-bond acceptors (Lipinski definition) is 7. The molecule has 5 rings (SSSR count). The molecule has 2 N–H and O–H groups in total. The third kappa shape index (κ3) is 4.79. The average Bonchev–Trinajstić information content (AvgIpc) is 3.48. The van der Waals surface area contributed by atoms with Crippen molar-refractivity contribution >= 4 is 56.5 Å². The van der Waals surface area contributed by atoms with Crippen LogP contribution >= 0.6 is 22.9 Å². The zero-order valence-corrected chi connectivity index (χ0v) is 20.7. The molecule has 0 saturated heterocycles. The molecule has 8 nitrogen and oxygen atoms in total. The molecule has 3 aromatic carbocycles. The lowest BCUT2D eigenvalue weighted by Crippen LogP contribution is -2.14. The minimum atomic E-state index is -0.466. The van der Waals surface area contributed by atoms with E-state index >= 15 is 0 Å². The number of halogens is 1. The van der Waals surface area contributed by atoms with Gasteiger partial charge >= 0.3 is 6.01 Å². The highest BCUT2D eigenvalue weighted by Crippen LogP contribution is 2.36. The maximum atomic E-state index is 12.9. The van der Waals surface area contributed by atoms with Crippen LogP contribution in [0.3, 0.4) is 0 Å². The zero-order chi connectivity index (χ0) is 25.2. The molecule has 36 heavy (non-hydrogen) atoms. The summed E-state index contributed by atoms with van der Waals surface area (Å²) in [5.74, 6) is 0.136. The van der Waals surface area contributed by atoms with Gasteiger partial charge in [0.25, 0.3) is 11.8 Å². The SMILES string of the molecule is COc1ccc(-c2nnc(NC(=O)c3cccc(NC(=O)c4sc5cc(C)ccc5c4Cl)c3)o2)cc1. The Morgan fingerprint density at radius 1 is 0.972 bits per heavy atom. The molecule has 2 amide bonds.